The summed E-state index contributed by atoms with van der Waals surface area (Å²) in [6, 6.07) is 0. The number of imidazole rings is 1. The summed E-state index contributed by atoms with van der Waals surface area (Å²) in [5.74, 6) is -0.296. The maximum atomic E-state index is 11.2. The first-order chi connectivity index (χ1) is 8.12. The molecule has 6 nitrogen and oxygen atoms in total. The molecule has 0 aliphatic carbocycles. The summed E-state index contributed by atoms with van der Waals surface area (Å²) in [6.45, 7) is 5.69. The average molecular weight is 294 g/mol. The lowest BCUT2D eigenvalue weighted by Crippen LogP contribution is -2.25. The van der Waals surface area contributed by atoms with Crippen LogP contribution in [0.1, 0.15) is 32.5 Å². The molecule has 2 N–H and O–H groups in total. The van der Waals surface area contributed by atoms with Crippen molar-refractivity contribution in [3.05, 3.63) is 12.0 Å². The zero-order chi connectivity index (χ0) is 14.1. The van der Waals surface area contributed by atoms with Crippen molar-refractivity contribution in [2.45, 2.75) is 38.3 Å². The first-order valence-corrected chi connectivity index (χ1v) is 7.75. The second kappa shape index (κ2) is 5.27. The number of amides is 1. The molecule has 0 aliphatic rings. The minimum absolute atomic E-state index is 0.0113. The van der Waals surface area contributed by atoms with Gasteiger partial charge < -0.3 is 10.3 Å². The molecule has 102 valence electrons. The molecule has 1 amide bonds. The minimum atomic E-state index is -3.87. The Morgan fingerprint density at radius 1 is 1.50 bits per heavy atom. The van der Waals surface area contributed by atoms with Crippen LogP contribution in [0.4, 0.5) is 0 Å². The number of carbonyl (C=O) groups is 1. The van der Waals surface area contributed by atoms with Crippen LogP contribution in [0.2, 0.25) is 0 Å². The molecular formula is C10H16ClN3O3S. The molecule has 1 atom stereocenters. The summed E-state index contributed by atoms with van der Waals surface area (Å²) in [5.41, 5.74) is 5.19. The van der Waals surface area contributed by atoms with Gasteiger partial charge in [-0.25, -0.2) is 13.4 Å². The van der Waals surface area contributed by atoms with E-state index in [0.717, 1.165) is 0 Å². The van der Waals surface area contributed by atoms with Crippen molar-refractivity contribution in [3.63, 3.8) is 0 Å². The Hall–Kier alpha value is -1.08. The van der Waals surface area contributed by atoms with Gasteiger partial charge in [0.1, 0.15) is 5.82 Å². The average Bonchev–Trinajstić information content (AvgIpc) is 2.60. The fraction of sp³-hybridized carbons (Fsp3) is 0.600. The predicted octanol–water partition coefficient (Wildman–Crippen LogP) is 1.06. The van der Waals surface area contributed by atoms with Crippen LogP contribution in [-0.2, 0) is 20.4 Å². The zero-order valence-corrected chi connectivity index (χ0v) is 12.0. The van der Waals surface area contributed by atoms with Crippen LogP contribution in [0, 0.1) is 5.92 Å². The topological polar surface area (TPSA) is 95.1 Å². The van der Waals surface area contributed by atoms with Gasteiger partial charge in [-0.15, -0.1) is 0 Å². The molecule has 0 aliphatic heterocycles. The molecule has 1 aromatic rings. The van der Waals surface area contributed by atoms with Crippen LogP contribution in [0.25, 0.3) is 0 Å². The normalized spacial score (nSPS) is 13.8. The van der Waals surface area contributed by atoms with Gasteiger partial charge >= 0.3 is 0 Å². The van der Waals surface area contributed by atoms with Crippen LogP contribution in [0.3, 0.4) is 0 Å². The van der Waals surface area contributed by atoms with E-state index in [1.807, 2.05) is 13.8 Å². The standard InChI is InChI=1S/C10H16ClN3O3S/c1-6(2)10-13-8(18(11,16)17)5-14(10)4-7(3)9(12)15/h5-7H,4H2,1-3H3,(H2,12,15). The fourth-order valence-electron chi connectivity index (χ4n) is 1.51. The van der Waals surface area contributed by atoms with E-state index in [-0.39, 0.29) is 17.5 Å². The van der Waals surface area contributed by atoms with Crippen molar-refractivity contribution < 1.29 is 13.2 Å². The molecule has 0 radical (unpaired) electrons. The first kappa shape index (κ1) is 15.0. The van der Waals surface area contributed by atoms with E-state index in [9.17, 15) is 13.2 Å². The van der Waals surface area contributed by atoms with Crippen molar-refractivity contribution in [1.82, 2.24) is 9.55 Å². The lowest BCUT2D eigenvalue weighted by molar-refractivity contribution is -0.121. The predicted molar refractivity (Wildman–Crippen MR) is 67.7 cm³/mol. The Morgan fingerprint density at radius 3 is 2.44 bits per heavy atom. The van der Waals surface area contributed by atoms with Crippen LogP contribution in [0.5, 0.6) is 0 Å². The summed E-state index contributed by atoms with van der Waals surface area (Å²) < 4.78 is 24.1. The van der Waals surface area contributed by atoms with Gasteiger partial charge in [0.2, 0.25) is 5.91 Å². The third-order valence-corrected chi connectivity index (χ3v) is 3.68. The molecule has 0 fully saturated rings. The molecule has 1 rings (SSSR count). The highest BCUT2D eigenvalue weighted by atomic mass is 35.7. The number of nitrogens with two attached hydrogens (primary N) is 1. The molecule has 0 saturated carbocycles. The Kier molecular flexibility index (Phi) is 4.39. The number of carbonyl (C=O) groups excluding carboxylic acids is 1. The number of aromatic nitrogens is 2. The van der Waals surface area contributed by atoms with Gasteiger partial charge in [-0.05, 0) is 0 Å². The van der Waals surface area contributed by atoms with Crippen molar-refractivity contribution in [3.8, 4) is 0 Å². The summed E-state index contributed by atoms with van der Waals surface area (Å²) in [7, 11) is 1.38. The van der Waals surface area contributed by atoms with Gasteiger partial charge in [0.05, 0.1) is 5.92 Å². The van der Waals surface area contributed by atoms with Gasteiger partial charge in [0.15, 0.2) is 5.03 Å². The Balaban J connectivity index is 3.17. The Labute approximate surface area is 111 Å². The number of nitrogens with zero attached hydrogens (tertiary/aromatic N) is 2. The maximum absolute atomic E-state index is 11.2. The van der Waals surface area contributed by atoms with Crippen molar-refractivity contribution in [2.24, 2.45) is 11.7 Å². The van der Waals surface area contributed by atoms with Gasteiger partial charge in [-0.2, -0.15) is 0 Å². The summed E-state index contributed by atoms with van der Waals surface area (Å²) in [4.78, 5) is 15.0. The minimum Gasteiger partial charge on any atom is -0.369 e. The van der Waals surface area contributed by atoms with E-state index in [4.69, 9.17) is 16.4 Å². The van der Waals surface area contributed by atoms with Crippen molar-refractivity contribution in [2.75, 3.05) is 0 Å². The lowest BCUT2D eigenvalue weighted by atomic mass is 10.1. The third kappa shape index (κ3) is 3.46. The van der Waals surface area contributed by atoms with Crippen LogP contribution >= 0.6 is 10.7 Å². The van der Waals surface area contributed by atoms with E-state index < -0.39 is 20.9 Å². The lowest BCUT2D eigenvalue weighted by Gasteiger charge is -2.12. The Bertz CT molecular complexity index is 551. The SMILES string of the molecule is CC(Cn1cc(S(=O)(=O)Cl)nc1C(C)C)C(N)=O. The largest absolute Gasteiger partial charge is 0.369 e. The molecule has 0 bridgehead atoms. The zero-order valence-electron chi connectivity index (χ0n) is 10.4. The van der Waals surface area contributed by atoms with Gasteiger partial charge in [-0.1, -0.05) is 20.8 Å². The smallest absolute Gasteiger partial charge is 0.280 e. The van der Waals surface area contributed by atoms with Crippen molar-refractivity contribution in [1.29, 1.82) is 0 Å². The number of rotatable bonds is 5. The second-order valence-electron chi connectivity index (χ2n) is 4.49. The molecule has 8 heteroatoms. The molecular weight excluding hydrogens is 278 g/mol. The molecule has 18 heavy (non-hydrogen) atoms. The number of hydrogen-bond donors (Lipinski definition) is 1. The highest BCUT2D eigenvalue weighted by Gasteiger charge is 2.21. The summed E-state index contributed by atoms with van der Waals surface area (Å²) in [5, 5.41) is -0.204. The van der Waals surface area contributed by atoms with E-state index >= 15 is 0 Å². The molecule has 0 spiro atoms. The molecule has 0 saturated heterocycles. The second-order valence-corrected chi connectivity index (χ2v) is 7.00. The van der Waals surface area contributed by atoms with Gasteiger partial charge in [-0.3, -0.25) is 4.79 Å². The van der Waals surface area contributed by atoms with Crippen LogP contribution < -0.4 is 5.73 Å². The molecule has 1 aromatic heterocycles. The number of primary amides is 1. The maximum Gasteiger partial charge on any atom is 0.280 e. The van der Waals surface area contributed by atoms with Gasteiger partial charge in [0, 0.05) is 29.3 Å². The van der Waals surface area contributed by atoms with Crippen LogP contribution in [0.15, 0.2) is 11.2 Å². The van der Waals surface area contributed by atoms with E-state index in [1.165, 1.54) is 6.20 Å². The molecule has 1 unspecified atom stereocenters. The highest BCUT2D eigenvalue weighted by molar-refractivity contribution is 8.13. The quantitative estimate of drug-likeness (QED) is 0.821. The summed E-state index contributed by atoms with van der Waals surface area (Å²) >= 11 is 0. The third-order valence-electron chi connectivity index (χ3n) is 2.51. The highest BCUT2D eigenvalue weighted by Crippen LogP contribution is 2.20. The van der Waals surface area contributed by atoms with E-state index in [0.29, 0.717) is 5.82 Å². The van der Waals surface area contributed by atoms with Crippen LogP contribution in [-0.4, -0.2) is 23.9 Å². The Morgan fingerprint density at radius 2 is 2.06 bits per heavy atom. The summed E-state index contributed by atoms with van der Waals surface area (Å²) in [6.07, 6.45) is 1.33. The van der Waals surface area contributed by atoms with E-state index in [1.54, 1.807) is 11.5 Å². The van der Waals surface area contributed by atoms with Gasteiger partial charge in [0.25, 0.3) is 9.05 Å². The first-order valence-electron chi connectivity index (χ1n) is 5.44. The number of hydrogen-bond acceptors (Lipinski definition) is 4. The number of halogens is 1. The molecule has 0 aromatic carbocycles. The fourth-order valence-corrected chi connectivity index (χ4v) is 2.19. The van der Waals surface area contributed by atoms with Crippen molar-refractivity contribution >= 4 is 25.6 Å². The van der Waals surface area contributed by atoms with E-state index in [2.05, 4.69) is 4.98 Å². The monoisotopic (exact) mass is 293 g/mol. The molecule has 1 heterocycles.